The van der Waals surface area contributed by atoms with Gasteiger partial charge in [0.1, 0.15) is 6.10 Å². The summed E-state index contributed by atoms with van der Waals surface area (Å²) in [6.07, 6.45) is 2.73. The molecule has 3 rings (SSSR count). The summed E-state index contributed by atoms with van der Waals surface area (Å²) < 4.78 is 8.17. The van der Waals surface area contributed by atoms with E-state index >= 15 is 0 Å². The van der Waals surface area contributed by atoms with Crippen molar-refractivity contribution >= 4 is 0 Å². The Kier molecular flexibility index (Phi) is 6.58. The van der Waals surface area contributed by atoms with Crippen molar-refractivity contribution in [1.29, 1.82) is 0 Å². The van der Waals surface area contributed by atoms with Gasteiger partial charge >= 0.3 is 0 Å². The molecule has 2 aromatic carbocycles. The van der Waals surface area contributed by atoms with E-state index in [1.807, 2.05) is 42.2 Å². The molecule has 1 unspecified atom stereocenters. The summed E-state index contributed by atoms with van der Waals surface area (Å²) in [6.45, 7) is 3.74. The minimum atomic E-state index is -0.109. The predicted molar refractivity (Wildman–Crippen MR) is 105 cm³/mol. The SMILES string of the molecule is CC(CO[C@@H](c1ccccc1)c1ccnn1C)NCCc1ccccc1. The van der Waals surface area contributed by atoms with E-state index in [1.54, 1.807) is 0 Å². The van der Waals surface area contributed by atoms with E-state index in [9.17, 15) is 0 Å². The highest BCUT2D eigenvalue weighted by Gasteiger charge is 2.18. The molecule has 0 saturated heterocycles. The maximum Gasteiger partial charge on any atom is 0.124 e. The highest BCUT2D eigenvalue weighted by atomic mass is 16.5. The van der Waals surface area contributed by atoms with Crippen molar-refractivity contribution in [2.24, 2.45) is 7.05 Å². The topological polar surface area (TPSA) is 39.1 Å². The number of aryl methyl sites for hydroxylation is 1. The molecule has 3 aromatic rings. The summed E-state index contributed by atoms with van der Waals surface area (Å²) >= 11 is 0. The van der Waals surface area contributed by atoms with E-state index in [0.29, 0.717) is 6.61 Å². The van der Waals surface area contributed by atoms with Crippen LogP contribution in [-0.4, -0.2) is 29.0 Å². The first-order chi connectivity index (χ1) is 12.7. The van der Waals surface area contributed by atoms with Gasteiger partial charge in [0, 0.05) is 19.3 Å². The van der Waals surface area contributed by atoms with Gasteiger partial charge in [-0.25, -0.2) is 0 Å². The first kappa shape index (κ1) is 18.4. The van der Waals surface area contributed by atoms with Crippen LogP contribution in [0.4, 0.5) is 0 Å². The third kappa shape index (κ3) is 5.04. The van der Waals surface area contributed by atoms with E-state index in [0.717, 1.165) is 24.2 Å². The van der Waals surface area contributed by atoms with Crippen LogP contribution in [0.15, 0.2) is 72.9 Å². The molecule has 0 radical (unpaired) electrons. The Morgan fingerprint density at radius 1 is 1.00 bits per heavy atom. The van der Waals surface area contributed by atoms with Gasteiger partial charge < -0.3 is 10.1 Å². The van der Waals surface area contributed by atoms with Crippen molar-refractivity contribution < 1.29 is 4.74 Å². The van der Waals surface area contributed by atoms with Gasteiger partial charge in [0.15, 0.2) is 0 Å². The van der Waals surface area contributed by atoms with Gasteiger partial charge in [0.05, 0.1) is 12.3 Å². The average molecular weight is 349 g/mol. The number of benzene rings is 2. The Balaban J connectivity index is 1.55. The van der Waals surface area contributed by atoms with Crippen LogP contribution in [0.1, 0.15) is 29.8 Å². The Bertz CT molecular complexity index is 770. The van der Waals surface area contributed by atoms with Crippen molar-refractivity contribution in [1.82, 2.24) is 15.1 Å². The quantitative estimate of drug-likeness (QED) is 0.639. The molecule has 1 N–H and O–H groups in total. The van der Waals surface area contributed by atoms with Crippen LogP contribution in [0, 0.1) is 0 Å². The average Bonchev–Trinajstić information content (AvgIpc) is 3.09. The zero-order valence-corrected chi connectivity index (χ0v) is 15.5. The molecule has 0 bridgehead atoms. The Hall–Kier alpha value is -2.43. The first-order valence-electron chi connectivity index (χ1n) is 9.16. The van der Waals surface area contributed by atoms with Gasteiger partial charge in [-0.05, 0) is 37.1 Å². The molecular formula is C22H27N3O. The minimum Gasteiger partial charge on any atom is -0.366 e. The van der Waals surface area contributed by atoms with Crippen LogP contribution < -0.4 is 5.32 Å². The van der Waals surface area contributed by atoms with Crippen LogP contribution in [0.25, 0.3) is 0 Å². The lowest BCUT2D eigenvalue weighted by molar-refractivity contribution is 0.0608. The zero-order valence-electron chi connectivity index (χ0n) is 15.5. The summed E-state index contributed by atoms with van der Waals surface area (Å²) in [6, 6.07) is 23.2. The van der Waals surface area contributed by atoms with E-state index in [1.165, 1.54) is 5.56 Å². The predicted octanol–water partition coefficient (Wildman–Crippen LogP) is 3.75. The number of aromatic nitrogens is 2. The molecule has 0 amide bonds. The fourth-order valence-corrected chi connectivity index (χ4v) is 3.03. The number of hydrogen-bond donors (Lipinski definition) is 1. The number of rotatable bonds is 9. The van der Waals surface area contributed by atoms with E-state index in [2.05, 4.69) is 59.8 Å². The summed E-state index contributed by atoms with van der Waals surface area (Å²) in [4.78, 5) is 0. The molecule has 4 nitrogen and oxygen atoms in total. The molecule has 26 heavy (non-hydrogen) atoms. The van der Waals surface area contributed by atoms with Crippen LogP contribution in [0.5, 0.6) is 0 Å². The molecule has 1 heterocycles. The molecule has 0 saturated carbocycles. The summed E-state index contributed by atoms with van der Waals surface area (Å²) in [5.74, 6) is 0. The largest absolute Gasteiger partial charge is 0.366 e. The minimum absolute atomic E-state index is 0.109. The summed E-state index contributed by atoms with van der Waals surface area (Å²) in [5, 5.41) is 7.84. The van der Waals surface area contributed by atoms with Crippen molar-refractivity contribution in [2.75, 3.05) is 13.2 Å². The lowest BCUT2D eigenvalue weighted by atomic mass is 10.1. The second kappa shape index (κ2) is 9.32. The Morgan fingerprint density at radius 2 is 1.69 bits per heavy atom. The lowest BCUT2D eigenvalue weighted by Gasteiger charge is -2.22. The molecule has 136 valence electrons. The molecule has 0 spiro atoms. The van der Waals surface area contributed by atoms with Crippen LogP contribution in [-0.2, 0) is 18.2 Å². The molecule has 2 atom stereocenters. The van der Waals surface area contributed by atoms with Crippen LogP contribution >= 0.6 is 0 Å². The number of hydrogen-bond acceptors (Lipinski definition) is 3. The monoisotopic (exact) mass is 349 g/mol. The van der Waals surface area contributed by atoms with Crippen molar-refractivity contribution in [3.8, 4) is 0 Å². The van der Waals surface area contributed by atoms with Gasteiger partial charge in [-0.1, -0.05) is 60.7 Å². The first-order valence-corrected chi connectivity index (χ1v) is 9.16. The fraction of sp³-hybridized carbons (Fsp3) is 0.318. The van der Waals surface area contributed by atoms with Gasteiger partial charge in [0.2, 0.25) is 0 Å². The second-order valence-corrected chi connectivity index (χ2v) is 6.59. The maximum atomic E-state index is 6.29. The number of nitrogens with zero attached hydrogens (tertiary/aromatic N) is 2. The van der Waals surface area contributed by atoms with Gasteiger partial charge in [0.25, 0.3) is 0 Å². The number of ether oxygens (including phenoxy) is 1. The lowest BCUT2D eigenvalue weighted by Crippen LogP contribution is -2.33. The van der Waals surface area contributed by atoms with Crippen molar-refractivity contribution in [2.45, 2.75) is 25.5 Å². The summed E-state index contributed by atoms with van der Waals surface area (Å²) in [7, 11) is 1.95. The van der Waals surface area contributed by atoms with E-state index in [4.69, 9.17) is 4.74 Å². The van der Waals surface area contributed by atoms with Crippen LogP contribution in [0.2, 0.25) is 0 Å². The molecule has 0 fully saturated rings. The number of nitrogens with one attached hydrogen (secondary N) is 1. The molecule has 4 heteroatoms. The highest BCUT2D eigenvalue weighted by Crippen LogP contribution is 2.25. The van der Waals surface area contributed by atoms with Crippen molar-refractivity contribution in [3.05, 3.63) is 89.7 Å². The second-order valence-electron chi connectivity index (χ2n) is 6.59. The summed E-state index contributed by atoms with van der Waals surface area (Å²) in [5.41, 5.74) is 3.56. The van der Waals surface area contributed by atoms with E-state index in [-0.39, 0.29) is 12.1 Å². The Labute approximate surface area is 155 Å². The molecule has 0 aliphatic carbocycles. The van der Waals surface area contributed by atoms with Crippen LogP contribution in [0.3, 0.4) is 0 Å². The fourth-order valence-electron chi connectivity index (χ4n) is 3.03. The molecular weight excluding hydrogens is 322 g/mol. The molecule has 1 aromatic heterocycles. The Morgan fingerprint density at radius 3 is 2.35 bits per heavy atom. The van der Waals surface area contributed by atoms with Gasteiger partial charge in [-0.2, -0.15) is 5.10 Å². The third-order valence-corrected chi connectivity index (χ3v) is 4.49. The standard InChI is InChI=1S/C22H27N3O/c1-18(23-15-13-19-9-5-3-6-10-19)17-26-22(20-11-7-4-8-12-20)21-14-16-24-25(21)2/h3-12,14,16,18,22-23H,13,15,17H2,1-2H3/t18?,22-/m0/s1. The normalized spacial score (nSPS) is 13.5. The molecule has 0 aliphatic rings. The van der Waals surface area contributed by atoms with Gasteiger partial charge in [-0.15, -0.1) is 0 Å². The molecule has 0 aliphatic heterocycles. The van der Waals surface area contributed by atoms with Gasteiger partial charge in [-0.3, -0.25) is 4.68 Å². The zero-order chi connectivity index (χ0) is 18.2. The smallest absolute Gasteiger partial charge is 0.124 e. The van der Waals surface area contributed by atoms with E-state index < -0.39 is 0 Å². The maximum absolute atomic E-state index is 6.29. The van der Waals surface area contributed by atoms with Crippen molar-refractivity contribution in [3.63, 3.8) is 0 Å². The highest BCUT2D eigenvalue weighted by molar-refractivity contribution is 5.25. The third-order valence-electron chi connectivity index (χ3n) is 4.49.